The van der Waals surface area contributed by atoms with Crippen LogP contribution in [0.2, 0.25) is 0 Å². The topological polar surface area (TPSA) is 145 Å². The summed E-state index contributed by atoms with van der Waals surface area (Å²) in [6.07, 6.45) is -6.84. The van der Waals surface area contributed by atoms with E-state index in [0.29, 0.717) is 5.56 Å². The minimum atomic E-state index is -1.55. The first-order valence-electron chi connectivity index (χ1n) is 6.67. The van der Waals surface area contributed by atoms with Crippen LogP contribution in [0.3, 0.4) is 0 Å². The van der Waals surface area contributed by atoms with Crippen molar-refractivity contribution in [1.82, 2.24) is 0 Å². The molecule has 1 heterocycles. The molecule has 1 aromatic carbocycles. The van der Waals surface area contributed by atoms with Crippen molar-refractivity contribution in [2.75, 3.05) is 11.9 Å². The number of nitro groups is 1. The highest BCUT2D eigenvalue weighted by atomic mass is 16.6. The van der Waals surface area contributed by atoms with Gasteiger partial charge >= 0.3 is 0 Å². The van der Waals surface area contributed by atoms with Gasteiger partial charge in [0.1, 0.15) is 30.1 Å². The van der Waals surface area contributed by atoms with Crippen LogP contribution in [0.15, 0.2) is 18.2 Å². The second kappa shape index (κ2) is 6.55. The standard InChI is InChI=1S/C13H18N2O7/c1-6-2-3-7(8(4-6)15(20)21)14-13-12(19)11(18)10(17)9(5-16)22-13/h2-4,9-14,16-19H,5H2,1H3/t9-,10+,11-,12+,13-/m1/s1. The molecular formula is C13H18N2O7. The number of nitrogens with zero attached hydrogens (tertiary/aromatic N) is 1. The van der Waals surface area contributed by atoms with Gasteiger partial charge in [-0.15, -0.1) is 0 Å². The molecule has 2 rings (SSSR count). The first-order valence-corrected chi connectivity index (χ1v) is 6.67. The van der Waals surface area contributed by atoms with Gasteiger partial charge in [-0.2, -0.15) is 0 Å². The summed E-state index contributed by atoms with van der Waals surface area (Å²) in [6, 6.07) is 4.45. The zero-order valence-corrected chi connectivity index (χ0v) is 11.8. The Hall–Kier alpha value is -1.78. The Bertz CT molecular complexity index is 551. The summed E-state index contributed by atoms with van der Waals surface area (Å²) in [7, 11) is 0. The van der Waals surface area contributed by atoms with Crippen molar-refractivity contribution < 1.29 is 30.1 Å². The monoisotopic (exact) mass is 314 g/mol. The lowest BCUT2D eigenvalue weighted by atomic mass is 9.98. The number of aliphatic hydroxyl groups excluding tert-OH is 4. The zero-order valence-electron chi connectivity index (χ0n) is 11.8. The lowest BCUT2D eigenvalue weighted by Crippen LogP contribution is -2.60. The van der Waals surface area contributed by atoms with E-state index in [0.717, 1.165) is 0 Å². The molecule has 9 nitrogen and oxygen atoms in total. The summed E-state index contributed by atoms with van der Waals surface area (Å²) < 4.78 is 5.26. The maximum atomic E-state index is 11.1. The minimum Gasteiger partial charge on any atom is -0.394 e. The smallest absolute Gasteiger partial charge is 0.292 e. The number of hydrogen-bond donors (Lipinski definition) is 5. The van der Waals surface area contributed by atoms with Gasteiger partial charge in [0.15, 0.2) is 6.23 Å². The van der Waals surface area contributed by atoms with Gasteiger partial charge in [0.2, 0.25) is 0 Å². The summed E-state index contributed by atoms with van der Waals surface area (Å²) in [5, 5.41) is 52.1. The average molecular weight is 314 g/mol. The number of ether oxygens (including phenoxy) is 1. The Morgan fingerprint density at radius 2 is 1.95 bits per heavy atom. The minimum absolute atomic E-state index is 0.0972. The van der Waals surface area contributed by atoms with Gasteiger partial charge in [0.05, 0.1) is 11.5 Å². The van der Waals surface area contributed by atoms with Crippen LogP contribution < -0.4 is 5.32 Å². The molecule has 0 unspecified atom stereocenters. The Kier molecular flexibility index (Phi) is 4.94. The summed E-state index contributed by atoms with van der Waals surface area (Å²) in [4.78, 5) is 10.5. The molecule has 0 saturated carbocycles. The van der Waals surface area contributed by atoms with E-state index >= 15 is 0 Å². The Morgan fingerprint density at radius 3 is 2.55 bits per heavy atom. The molecule has 1 fully saturated rings. The largest absolute Gasteiger partial charge is 0.394 e. The normalized spacial score (nSPS) is 31.8. The van der Waals surface area contributed by atoms with Crippen LogP contribution >= 0.6 is 0 Å². The van der Waals surface area contributed by atoms with Crippen molar-refractivity contribution in [3.63, 3.8) is 0 Å². The number of benzene rings is 1. The van der Waals surface area contributed by atoms with Gasteiger partial charge in [-0.3, -0.25) is 10.1 Å². The molecule has 5 atom stereocenters. The molecule has 0 aliphatic carbocycles. The number of nitrogens with one attached hydrogen (secondary N) is 1. The Morgan fingerprint density at radius 1 is 1.27 bits per heavy atom. The van der Waals surface area contributed by atoms with E-state index in [-0.39, 0.29) is 11.4 Å². The first-order chi connectivity index (χ1) is 10.3. The van der Waals surface area contributed by atoms with Crippen LogP contribution in [0.1, 0.15) is 5.56 Å². The van der Waals surface area contributed by atoms with E-state index in [1.165, 1.54) is 12.1 Å². The van der Waals surface area contributed by atoms with Crippen LogP contribution in [0.5, 0.6) is 0 Å². The van der Waals surface area contributed by atoms with E-state index < -0.39 is 42.2 Å². The molecule has 5 N–H and O–H groups in total. The first kappa shape index (κ1) is 16.6. The van der Waals surface area contributed by atoms with Gasteiger partial charge in [0.25, 0.3) is 5.69 Å². The van der Waals surface area contributed by atoms with Crippen LogP contribution in [-0.4, -0.2) is 62.6 Å². The predicted octanol–water partition coefficient (Wildman–Crippen LogP) is -0.885. The van der Waals surface area contributed by atoms with Gasteiger partial charge in [-0.1, -0.05) is 6.07 Å². The summed E-state index contributed by atoms with van der Waals surface area (Å²) in [5.74, 6) is 0. The van der Waals surface area contributed by atoms with Crippen molar-refractivity contribution in [2.24, 2.45) is 0 Å². The van der Waals surface area contributed by atoms with E-state index in [9.17, 15) is 25.4 Å². The van der Waals surface area contributed by atoms with Crippen LogP contribution in [0.4, 0.5) is 11.4 Å². The van der Waals surface area contributed by atoms with Crippen molar-refractivity contribution in [2.45, 2.75) is 37.6 Å². The number of rotatable bonds is 4. The SMILES string of the molecule is Cc1ccc(N[C@@H]2O[C@H](CO)[C@H](O)[C@@H](O)[C@@H]2O)c([N+](=O)[O-])c1. The van der Waals surface area contributed by atoms with E-state index in [1.54, 1.807) is 13.0 Å². The number of hydrogen-bond acceptors (Lipinski definition) is 8. The summed E-state index contributed by atoms with van der Waals surface area (Å²) in [5.41, 5.74) is 0.572. The Balaban J connectivity index is 2.24. The van der Waals surface area contributed by atoms with Crippen molar-refractivity contribution in [3.8, 4) is 0 Å². The number of anilines is 1. The molecular weight excluding hydrogens is 296 g/mol. The van der Waals surface area contributed by atoms with E-state index in [1.807, 2.05) is 0 Å². The maximum Gasteiger partial charge on any atom is 0.292 e. The third-order valence-electron chi connectivity index (χ3n) is 3.54. The van der Waals surface area contributed by atoms with Crippen LogP contribution in [0, 0.1) is 17.0 Å². The third-order valence-corrected chi connectivity index (χ3v) is 3.54. The van der Waals surface area contributed by atoms with Crippen molar-refractivity contribution in [1.29, 1.82) is 0 Å². The fourth-order valence-electron chi connectivity index (χ4n) is 2.29. The summed E-state index contributed by atoms with van der Waals surface area (Å²) >= 11 is 0. The molecule has 22 heavy (non-hydrogen) atoms. The van der Waals surface area contributed by atoms with Crippen LogP contribution in [0.25, 0.3) is 0 Å². The molecule has 122 valence electrons. The highest BCUT2D eigenvalue weighted by Crippen LogP contribution is 2.29. The van der Waals surface area contributed by atoms with Gasteiger partial charge in [-0.25, -0.2) is 0 Å². The van der Waals surface area contributed by atoms with E-state index in [4.69, 9.17) is 9.84 Å². The maximum absolute atomic E-state index is 11.1. The van der Waals surface area contributed by atoms with Crippen molar-refractivity contribution >= 4 is 11.4 Å². The summed E-state index contributed by atoms with van der Waals surface area (Å²) in [6.45, 7) is 1.13. The molecule has 0 aromatic heterocycles. The number of aryl methyl sites for hydroxylation is 1. The highest BCUT2D eigenvalue weighted by Gasteiger charge is 2.43. The molecule has 0 bridgehead atoms. The van der Waals surface area contributed by atoms with Crippen molar-refractivity contribution in [3.05, 3.63) is 33.9 Å². The molecule has 0 amide bonds. The molecule has 0 spiro atoms. The van der Waals surface area contributed by atoms with Gasteiger partial charge < -0.3 is 30.5 Å². The Labute approximate surface area is 125 Å². The molecule has 9 heteroatoms. The fraction of sp³-hybridized carbons (Fsp3) is 0.538. The van der Waals surface area contributed by atoms with Gasteiger partial charge in [0, 0.05) is 6.07 Å². The second-order valence-electron chi connectivity index (χ2n) is 5.17. The second-order valence-corrected chi connectivity index (χ2v) is 5.17. The molecule has 1 aromatic rings. The lowest BCUT2D eigenvalue weighted by Gasteiger charge is -2.40. The molecule has 1 aliphatic rings. The quantitative estimate of drug-likeness (QED) is 0.355. The third kappa shape index (κ3) is 3.18. The average Bonchev–Trinajstić information content (AvgIpc) is 2.49. The van der Waals surface area contributed by atoms with E-state index in [2.05, 4.69) is 5.32 Å². The lowest BCUT2D eigenvalue weighted by molar-refractivity contribution is -0.384. The number of aliphatic hydroxyl groups is 4. The zero-order chi connectivity index (χ0) is 16.4. The molecule has 1 saturated heterocycles. The molecule has 0 radical (unpaired) electrons. The highest BCUT2D eigenvalue weighted by molar-refractivity contribution is 5.62. The number of nitro benzene ring substituents is 1. The fourth-order valence-corrected chi connectivity index (χ4v) is 2.29. The van der Waals surface area contributed by atoms with Crippen LogP contribution in [-0.2, 0) is 4.74 Å². The predicted molar refractivity (Wildman–Crippen MR) is 75.2 cm³/mol. The molecule has 1 aliphatic heterocycles. The van der Waals surface area contributed by atoms with Gasteiger partial charge in [-0.05, 0) is 18.6 Å².